The van der Waals surface area contributed by atoms with E-state index >= 15 is 0 Å². The van der Waals surface area contributed by atoms with Crippen LogP contribution in [0.3, 0.4) is 0 Å². The van der Waals surface area contributed by atoms with Crippen molar-refractivity contribution in [2.75, 3.05) is 7.11 Å². The number of methoxy groups -OCH3 is 1. The largest absolute Gasteiger partial charge is 0.496 e. The average molecular weight is 405 g/mol. The molecule has 0 saturated carbocycles. The highest BCUT2D eigenvalue weighted by Crippen LogP contribution is 2.23. The number of ether oxygens (including phenoxy) is 2. The third kappa shape index (κ3) is 5.50. The first-order chi connectivity index (χ1) is 14.5. The molecule has 1 heterocycles. The molecule has 6 nitrogen and oxygen atoms in total. The fourth-order valence-corrected chi connectivity index (χ4v) is 2.94. The number of benzene rings is 2. The first-order valence-corrected chi connectivity index (χ1v) is 9.76. The second kappa shape index (κ2) is 9.78. The quantitative estimate of drug-likeness (QED) is 0.576. The number of nitrogens with one attached hydrogen (secondary N) is 1. The van der Waals surface area contributed by atoms with Crippen LogP contribution >= 0.6 is 0 Å². The van der Waals surface area contributed by atoms with Gasteiger partial charge in [0, 0.05) is 36.5 Å². The van der Waals surface area contributed by atoms with Crippen LogP contribution in [0.4, 0.5) is 0 Å². The van der Waals surface area contributed by atoms with Gasteiger partial charge in [-0.2, -0.15) is 5.10 Å². The lowest BCUT2D eigenvalue weighted by molar-refractivity contribution is -0.116. The van der Waals surface area contributed by atoms with Crippen LogP contribution < -0.4 is 14.8 Å². The Morgan fingerprint density at radius 3 is 2.57 bits per heavy atom. The Bertz CT molecular complexity index is 1040. The zero-order valence-corrected chi connectivity index (χ0v) is 17.8. The molecule has 0 aliphatic carbocycles. The number of aryl methyl sites for hydroxylation is 2. The van der Waals surface area contributed by atoms with Gasteiger partial charge in [0.1, 0.15) is 18.1 Å². The molecule has 0 unspecified atom stereocenters. The summed E-state index contributed by atoms with van der Waals surface area (Å²) < 4.78 is 13.1. The third-order valence-corrected chi connectivity index (χ3v) is 4.94. The van der Waals surface area contributed by atoms with Crippen LogP contribution in [0.25, 0.3) is 6.08 Å². The van der Waals surface area contributed by atoms with Crippen LogP contribution in [0, 0.1) is 13.8 Å². The fraction of sp³-hybridized carbons (Fsp3) is 0.250. The number of nitrogens with zero attached hydrogens (tertiary/aromatic N) is 2. The number of amides is 1. The van der Waals surface area contributed by atoms with Gasteiger partial charge in [-0.25, -0.2) is 0 Å². The van der Waals surface area contributed by atoms with Crippen molar-refractivity contribution in [1.82, 2.24) is 15.1 Å². The van der Waals surface area contributed by atoms with E-state index in [0.29, 0.717) is 13.2 Å². The molecule has 1 N–H and O–H groups in total. The molecule has 0 aliphatic heterocycles. The van der Waals surface area contributed by atoms with Gasteiger partial charge in [0.2, 0.25) is 5.91 Å². The zero-order chi connectivity index (χ0) is 21.5. The predicted molar refractivity (Wildman–Crippen MR) is 117 cm³/mol. The van der Waals surface area contributed by atoms with Gasteiger partial charge in [-0.3, -0.25) is 9.48 Å². The van der Waals surface area contributed by atoms with Crippen LogP contribution in [0.1, 0.15) is 27.9 Å². The number of aromatic nitrogens is 2. The molecule has 0 atom stereocenters. The van der Waals surface area contributed by atoms with Gasteiger partial charge in [-0.15, -0.1) is 0 Å². The maximum absolute atomic E-state index is 12.2. The third-order valence-electron chi connectivity index (χ3n) is 4.94. The number of carbonyl (C=O) groups excluding carboxylic acids is 1. The monoisotopic (exact) mass is 405 g/mol. The van der Waals surface area contributed by atoms with Gasteiger partial charge in [-0.05, 0) is 49.8 Å². The lowest BCUT2D eigenvalue weighted by Gasteiger charge is -2.11. The number of hydrogen-bond donors (Lipinski definition) is 1. The van der Waals surface area contributed by atoms with Gasteiger partial charge in [0.25, 0.3) is 0 Å². The number of hydrogen-bond acceptors (Lipinski definition) is 4. The summed E-state index contributed by atoms with van der Waals surface area (Å²) in [6.07, 6.45) is 5.07. The van der Waals surface area contributed by atoms with E-state index in [0.717, 1.165) is 33.9 Å². The highest BCUT2D eigenvalue weighted by Gasteiger charge is 2.07. The number of rotatable bonds is 8. The maximum atomic E-state index is 12.2. The molecule has 1 aromatic heterocycles. The molecular formula is C24H27N3O3. The van der Waals surface area contributed by atoms with Gasteiger partial charge in [0.05, 0.1) is 13.3 Å². The fourth-order valence-electron chi connectivity index (χ4n) is 2.94. The normalized spacial score (nSPS) is 10.9. The van der Waals surface area contributed by atoms with E-state index in [9.17, 15) is 4.79 Å². The van der Waals surface area contributed by atoms with Crippen molar-refractivity contribution in [3.63, 3.8) is 0 Å². The summed E-state index contributed by atoms with van der Waals surface area (Å²) in [7, 11) is 3.51. The summed E-state index contributed by atoms with van der Waals surface area (Å²) in [5, 5.41) is 7.06. The molecule has 156 valence electrons. The minimum atomic E-state index is -0.161. The van der Waals surface area contributed by atoms with Crippen molar-refractivity contribution in [2.24, 2.45) is 7.05 Å². The Labute approximate surface area is 177 Å². The Morgan fingerprint density at radius 2 is 1.90 bits per heavy atom. The van der Waals surface area contributed by atoms with Crippen molar-refractivity contribution >= 4 is 12.0 Å². The molecule has 3 rings (SSSR count). The lowest BCUT2D eigenvalue weighted by atomic mass is 10.1. The minimum Gasteiger partial charge on any atom is -0.496 e. The highest BCUT2D eigenvalue weighted by atomic mass is 16.5. The summed E-state index contributed by atoms with van der Waals surface area (Å²) >= 11 is 0. The minimum absolute atomic E-state index is 0.161. The molecule has 2 aromatic carbocycles. The molecular weight excluding hydrogens is 378 g/mol. The van der Waals surface area contributed by atoms with E-state index in [1.807, 2.05) is 63.4 Å². The Kier molecular flexibility index (Phi) is 6.91. The lowest BCUT2D eigenvalue weighted by Crippen LogP contribution is -2.20. The molecule has 0 radical (unpaired) electrons. The van der Waals surface area contributed by atoms with Gasteiger partial charge < -0.3 is 14.8 Å². The van der Waals surface area contributed by atoms with Crippen molar-refractivity contribution in [3.8, 4) is 11.5 Å². The summed E-state index contributed by atoms with van der Waals surface area (Å²) in [5.74, 6) is 1.39. The van der Waals surface area contributed by atoms with E-state index in [1.54, 1.807) is 24.1 Å². The first kappa shape index (κ1) is 21.2. The van der Waals surface area contributed by atoms with E-state index in [2.05, 4.69) is 10.4 Å². The van der Waals surface area contributed by atoms with E-state index in [-0.39, 0.29) is 5.91 Å². The second-order valence-electron chi connectivity index (χ2n) is 7.10. The maximum Gasteiger partial charge on any atom is 0.244 e. The van der Waals surface area contributed by atoms with Crippen LogP contribution in [0.15, 0.2) is 54.7 Å². The summed E-state index contributed by atoms with van der Waals surface area (Å²) in [6, 6.07) is 13.7. The van der Waals surface area contributed by atoms with Crippen molar-refractivity contribution in [3.05, 3.63) is 82.7 Å². The molecule has 0 bridgehead atoms. The first-order valence-electron chi connectivity index (χ1n) is 9.76. The van der Waals surface area contributed by atoms with Crippen LogP contribution in [0.5, 0.6) is 11.5 Å². The molecule has 0 saturated heterocycles. The molecule has 3 aromatic rings. The van der Waals surface area contributed by atoms with Crippen molar-refractivity contribution < 1.29 is 14.3 Å². The standard InChI is InChI=1S/C24H27N3O3/c1-17-5-9-22(10-6-17)30-16-20-13-19(7-11-23(20)29-4)8-12-24(28)25-14-21-15-26-27(3)18(21)2/h5-13,15H,14,16H2,1-4H3,(H,25,28)/b12-8+. The Morgan fingerprint density at radius 1 is 1.13 bits per heavy atom. The molecule has 1 amide bonds. The summed E-state index contributed by atoms with van der Waals surface area (Å²) in [5.41, 5.74) is 5.02. The topological polar surface area (TPSA) is 65.4 Å². The van der Waals surface area contributed by atoms with Crippen LogP contribution in [-0.4, -0.2) is 22.8 Å². The Hall–Kier alpha value is -3.54. The van der Waals surface area contributed by atoms with Crippen molar-refractivity contribution in [2.45, 2.75) is 27.0 Å². The van der Waals surface area contributed by atoms with Gasteiger partial charge in [-0.1, -0.05) is 23.8 Å². The molecule has 30 heavy (non-hydrogen) atoms. The van der Waals surface area contributed by atoms with Crippen molar-refractivity contribution in [1.29, 1.82) is 0 Å². The molecule has 0 spiro atoms. The number of carbonyl (C=O) groups is 1. The second-order valence-corrected chi connectivity index (χ2v) is 7.10. The Balaban J connectivity index is 1.62. The van der Waals surface area contributed by atoms with E-state index in [1.165, 1.54) is 11.6 Å². The smallest absolute Gasteiger partial charge is 0.244 e. The molecule has 0 fully saturated rings. The predicted octanol–water partition coefficient (Wildman–Crippen LogP) is 3.95. The van der Waals surface area contributed by atoms with Crippen LogP contribution in [-0.2, 0) is 25.0 Å². The average Bonchev–Trinajstić information content (AvgIpc) is 3.08. The zero-order valence-electron chi connectivity index (χ0n) is 17.8. The van der Waals surface area contributed by atoms with Gasteiger partial charge in [0.15, 0.2) is 0 Å². The highest BCUT2D eigenvalue weighted by molar-refractivity contribution is 5.91. The summed E-state index contributed by atoms with van der Waals surface area (Å²) in [4.78, 5) is 12.2. The van der Waals surface area contributed by atoms with E-state index < -0.39 is 0 Å². The van der Waals surface area contributed by atoms with Crippen LogP contribution in [0.2, 0.25) is 0 Å². The van der Waals surface area contributed by atoms with Gasteiger partial charge >= 0.3 is 0 Å². The molecule has 0 aliphatic rings. The molecule has 6 heteroatoms. The van der Waals surface area contributed by atoms with E-state index in [4.69, 9.17) is 9.47 Å². The SMILES string of the molecule is COc1ccc(/C=C/C(=O)NCc2cnn(C)c2C)cc1COc1ccc(C)cc1. The summed E-state index contributed by atoms with van der Waals surface area (Å²) in [6.45, 7) is 4.83.